The van der Waals surface area contributed by atoms with E-state index in [2.05, 4.69) is 53.3 Å². The average Bonchev–Trinajstić information content (AvgIpc) is 3.10. The predicted molar refractivity (Wildman–Crippen MR) is 82.4 cm³/mol. The monoisotopic (exact) mass is 321 g/mol. The van der Waals surface area contributed by atoms with E-state index >= 15 is 0 Å². The molecule has 1 N–H and O–H groups in total. The van der Waals surface area contributed by atoms with Crippen LogP contribution >= 0.6 is 15.9 Å². The molecule has 3 rings (SSSR count). The molecule has 2 nitrogen and oxygen atoms in total. The van der Waals surface area contributed by atoms with Crippen LogP contribution < -0.4 is 5.32 Å². The molecule has 1 aliphatic rings. The van der Waals surface area contributed by atoms with Gasteiger partial charge in [-0.25, -0.2) is 0 Å². The van der Waals surface area contributed by atoms with Crippen LogP contribution in [0.1, 0.15) is 43.6 Å². The zero-order valence-corrected chi connectivity index (χ0v) is 13.1. The first-order chi connectivity index (χ1) is 9.19. The van der Waals surface area contributed by atoms with Crippen LogP contribution in [0.15, 0.2) is 27.1 Å². The minimum atomic E-state index is 0.394. The van der Waals surface area contributed by atoms with E-state index in [0.29, 0.717) is 6.04 Å². The molecule has 2 aromatic rings. The van der Waals surface area contributed by atoms with Crippen LogP contribution in [-0.4, -0.2) is 6.54 Å². The molecule has 1 atom stereocenters. The van der Waals surface area contributed by atoms with Crippen molar-refractivity contribution in [2.45, 2.75) is 39.2 Å². The smallest absolute Gasteiger partial charge is 0.137 e. The second kappa shape index (κ2) is 5.29. The first-order valence-corrected chi connectivity index (χ1v) is 7.91. The van der Waals surface area contributed by atoms with Crippen molar-refractivity contribution < 1.29 is 4.42 Å². The van der Waals surface area contributed by atoms with Crippen molar-refractivity contribution in [1.29, 1.82) is 0 Å². The summed E-state index contributed by atoms with van der Waals surface area (Å²) in [4.78, 5) is 0. The number of hydrogen-bond donors (Lipinski definition) is 1. The van der Waals surface area contributed by atoms with Gasteiger partial charge in [-0.2, -0.15) is 0 Å². The Hall–Kier alpha value is -0.800. The van der Waals surface area contributed by atoms with Gasteiger partial charge in [-0.15, -0.1) is 0 Å². The highest BCUT2D eigenvalue weighted by Crippen LogP contribution is 2.42. The number of hydrogen-bond acceptors (Lipinski definition) is 2. The third kappa shape index (κ3) is 2.72. The van der Waals surface area contributed by atoms with Gasteiger partial charge in [-0.05, 0) is 62.4 Å². The fourth-order valence-electron chi connectivity index (χ4n) is 2.69. The fourth-order valence-corrected chi connectivity index (χ4v) is 3.28. The number of aryl methyl sites for hydroxylation is 1. The minimum absolute atomic E-state index is 0.394. The Morgan fingerprint density at radius 2 is 2.16 bits per heavy atom. The molecule has 1 unspecified atom stereocenters. The van der Waals surface area contributed by atoms with Gasteiger partial charge in [-0.3, -0.25) is 0 Å². The lowest BCUT2D eigenvalue weighted by Gasteiger charge is -2.14. The SMILES string of the molecule is CCCNC(c1cc2cc(Br)cc(C)c2o1)C1CC1. The van der Waals surface area contributed by atoms with Crippen LogP contribution in [0, 0.1) is 12.8 Å². The molecule has 0 radical (unpaired) electrons. The van der Waals surface area contributed by atoms with Gasteiger partial charge in [0.15, 0.2) is 0 Å². The highest BCUT2D eigenvalue weighted by Gasteiger charge is 2.34. The largest absolute Gasteiger partial charge is 0.459 e. The van der Waals surface area contributed by atoms with E-state index in [4.69, 9.17) is 4.42 Å². The third-order valence-electron chi connectivity index (χ3n) is 3.80. The van der Waals surface area contributed by atoms with E-state index in [-0.39, 0.29) is 0 Å². The Morgan fingerprint density at radius 1 is 1.37 bits per heavy atom. The Balaban J connectivity index is 1.96. The van der Waals surface area contributed by atoms with Crippen molar-refractivity contribution in [3.05, 3.63) is 34.0 Å². The van der Waals surface area contributed by atoms with Gasteiger partial charge in [0, 0.05) is 9.86 Å². The number of fused-ring (bicyclic) bond motifs is 1. The van der Waals surface area contributed by atoms with Crippen LogP contribution in [0.3, 0.4) is 0 Å². The van der Waals surface area contributed by atoms with Gasteiger partial charge in [0.1, 0.15) is 11.3 Å². The maximum atomic E-state index is 6.13. The Labute approximate surface area is 122 Å². The Bertz CT molecular complexity index is 586. The Morgan fingerprint density at radius 3 is 2.84 bits per heavy atom. The normalized spacial score (nSPS) is 17.0. The maximum absolute atomic E-state index is 6.13. The van der Waals surface area contributed by atoms with Gasteiger partial charge >= 0.3 is 0 Å². The molecule has 3 heteroatoms. The molecule has 1 aliphatic carbocycles. The summed E-state index contributed by atoms with van der Waals surface area (Å²) in [7, 11) is 0. The summed E-state index contributed by atoms with van der Waals surface area (Å²) in [6.07, 6.45) is 3.80. The standard InChI is InChI=1S/C16H20BrNO/c1-3-6-18-15(11-4-5-11)14-9-12-8-13(17)7-10(2)16(12)19-14/h7-9,11,15,18H,3-6H2,1-2H3. The molecule has 1 aromatic carbocycles. The van der Waals surface area contributed by atoms with E-state index in [9.17, 15) is 0 Å². The maximum Gasteiger partial charge on any atom is 0.137 e. The summed E-state index contributed by atoms with van der Waals surface area (Å²) in [6.45, 7) is 5.36. The van der Waals surface area contributed by atoms with Crippen molar-refractivity contribution in [2.75, 3.05) is 6.54 Å². The summed E-state index contributed by atoms with van der Waals surface area (Å²) in [5.41, 5.74) is 2.22. The van der Waals surface area contributed by atoms with Crippen molar-refractivity contribution in [3.8, 4) is 0 Å². The molecule has 102 valence electrons. The van der Waals surface area contributed by atoms with Crippen LogP contribution in [0.25, 0.3) is 11.0 Å². The van der Waals surface area contributed by atoms with Gasteiger partial charge < -0.3 is 9.73 Å². The topological polar surface area (TPSA) is 25.2 Å². The summed E-state index contributed by atoms with van der Waals surface area (Å²) >= 11 is 3.56. The molecule has 1 fully saturated rings. The zero-order chi connectivity index (χ0) is 13.4. The number of halogens is 1. The van der Waals surface area contributed by atoms with E-state index in [1.165, 1.54) is 23.8 Å². The predicted octanol–water partition coefficient (Wildman–Crippen LogP) is 4.95. The lowest BCUT2D eigenvalue weighted by atomic mass is 10.1. The van der Waals surface area contributed by atoms with Crippen LogP contribution in [0.5, 0.6) is 0 Å². The van der Waals surface area contributed by atoms with Crippen molar-refractivity contribution in [1.82, 2.24) is 5.32 Å². The number of benzene rings is 1. The number of furan rings is 1. The fraction of sp³-hybridized carbons (Fsp3) is 0.500. The molecule has 1 saturated carbocycles. The van der Waals surface area contributed by atoms with Crippen molar-refractivity contribution in [2.24, 2.45) is 5.92 Å². The molecule has 19 heavy (non-hydrogen) atoms. The van der Waals surface area contributed by atoms with Crippen LogP contribution in [-0.2, 0) is 0 Å². The summed E-state index contributed by atoms with van der Waals surface area (Å²) < 4.78 is 7.25. The molecule has 0 saturated heterocycles. The van der Waals surface area contributed by atoms with Crippen molar-refractivity contribution in [3.63, 3.8) is 0 Å². The van der Waals surface area contributed by atoms with Crippen molar-refractivity contribution >= 4 is 26.9 Å². The lowest BCUT2D eigenvalue weighted by molar-refractivity contribution is 0.396. The molecule has 0 amide bonds. The van der Waals surface area contributed by atoms with Crippen LogP contribution in [0.2, 0.25) is 0 Å². The van der Waals surface area contributed by atoms with E-state index in [1.807, 2.05) is 0 Å². The minimum Gasteiger partial charge on any atom is -0.459 e. The number of rotatable bonds is 5. The molecule has 0 spiro atoms. The first-order valence-electron chi connectivity index (χ1n) is 7.12. The van der Waals surface area contributed by atoms with Gasteiger partial charge in [-0.1, -0.05) is 22.9 Å². The molecule has 0 bridgehead atoms. The van der Waals surface area contributed by atoms with Gasteiger partial charge in [0.05, 0.1) is 6.04 Å². The first kappa shape index (κ1) is 13.2. The van der Waals surface area contributed by atoms with Crippen LogP contribution in [0.4, 0.5) is 0 Å². The molecule has 1 heterocycles. The zero-order valence-electron chi connectivity index (χ0n) is 11.5. The molecule has 1 aromatic heterocycles. The molecule has 0 aliphatic heterocycles. The highest BCUT2D eigenvalue weighted by molar-refractivity contribution is 9.10. The van der Waals surface area contributed by atoms with Gasteiger partial charge in [0.2, 0.25) is 0 Å². The van der Waals surface area contributed by atoms with E-state index < -0.39 is 0 Å². The van der Waals surface area contributed by atoms with E-state index in [1.54, 1.807) is 0 Å². The quantitative estimate of drug-likeness (QED) is 0.842. The Kier molecular flexibility index (Phi) is 3.68. The second-order valence-electron chi connectivity index (χ2n) is 5.56. The van der Waals surface area contributed by atoms with E-state index in [0.717, 1.165) is 34.7 Å². The average molecular weight is 322 g/mol. The number of nitrogens with one attached hydrogen (secondary N) is 1. The second-order valence-corrected chi connectivity index (χ2v) is 6.47. The molecular formula is C16H20BrNO. The highest BCUT2D eigenvalue weighted by atomic mass is 79.9. The molecular weight excluding hydrogens is 302 g/mol. The lowest BCUT2D eigenvalue weighted by Crippen LogP contribution is -2.23. The summed E-state index contributed by atoms with van der Waals surface area (Å²) in [5.74, 6) is 1.86. The third-order valence-corrected chi connectivity index (χ3v) is 4.26. The van der Waals surface area contributed by atoms with Gasteiger partial charge in [0.25, 0.3) is 0 Å². The summed E-state index contributed by atoms with van der Waals surface area (Å²) in [6, 6.07) is 6.85. The summed E-state index contributed by atoms with van der Waals surface area (Å²) in [5, 5.41) is 4.84.